The van der Waals surface area contributed by atoms with E-state index in [0.717, 1.165) is 5.56 Å². The van der Waals surface area contributed by atoms with Gasteiger partial charge in [0.05, 0.1) is 13.2 Å². The predicted octanol–water partition coefficient (Wildman–Crippen LogP) is 2.34. The van der Waals surface area contributed by atoms with Crippen molar-refractivity contribution in [3.8, 4) is 0 Å². The van der Waals surface area contributed by atoms with E-state index in [2.05, 4.69) is 5.32 Å². The number of rotatable bonds is 6. The molecule has 4 heteroatoms. The molecule has 0 spiro atoms. The van der Waals surface area contributed by atoms with E-state index in [1.807, 2.05) is 37.3 Å². The van der Waals surface area contributed by atoms with Crippen LogP contribution in [0.25, 0.3) is 0 Å². The third-order valence-electron chi connectivity index (χ3n) is 2.23. The zero-order valence-electron chi connectivity index (χ0n) is 10.2. The number of carbonyl (C=O) groups excluding carboxylic acids is 1. The quantitative estimate of drug-likeness (QED) is 0.793. The highest BCUT2D eigenvalue weighted by Gasteiger charge is 2.12. The third kappa shape index (κ3) is 5.71. The molecule has 1 N–H and O–H groups in total. The van der Waals surface area contributed by atoms with Gasteiger partial charge in [0, 0.05) is 6.04 Å². The van der Waals surface area contributed by atoms with Gasteiger partial charge in [-0.3, -0.25) is 4.79 Å². The Morgan fingerprint density at radius 1 is 1.35 bits per heavy atom. The maximum absolute atomic E-state index is 11.3. The minimum atomic E-state index is -0.508. The summed E-state index contributed by atoms with van der Waals surface area (Å²) in [5.74, 6) is -0.164. The summed E-state index contributed by atoms with van der Waals surface area (Å²) in [6.45, 7) is 4.57. The Balaban J connectivity index is 2.20. The minimum absolute atomic E-state index is 0.0348. The van der Waals surface area contributed by atoms with Gasteiger partial charge in [-0.25, -0.2) is 0 Å². The third-order valence-corrected chi connectivity index (χ3v) is 2.43. The molecule has 94 valence electrons. The van der Waals surface area contributed by atoms with E-state index in [1.165, 1.54) is 0 Å². The minimum Gasteiger partial charge on any atom is -0.375 e. The zero-order chi connectivity index (χ0) is 12.7. The molecule has 0 aliphatic heterocycles. The molecule has 0 unspecified atom stereocenters. The molecule has 0 aliphatic rings. The summed E-state index contributed by atoms with van der Waals surface area (Å²) in [7, 11) is 0. The Kier molecular flexibility index (Phi) is 6.01. The number of amides is 1. The first kappa shape index (κ1) is 14.0. The predicted molar refractivity (Wildman–Crippen MR) is 69.0 cm³/mol. The second-order valence-electron chi connectivity index (χ2n) is 4.03. The van der Waals surface area contributed by atoms with Gasteiger partial charge < -0.3 is 10.1 Å². The average Bonchev–Trinajstić information content (AvgIpc) is 2.30. The van der Waals surface area contributed by atoms with Crippen LogP contribution in [0.3, 0.4) is 0 Å². The zero-order valence-corrected chi connectivity index (χ0v) is 10.9. The highest BCUT2D eigenvalue weighted by atomic mass is 35.5. The van der Waals surface area contributed by atoms with Crippen molar-refractivity contribution in [3.63, 3.8) is 0 Å². The Hall–Kier alpha value is -1.06. The lowest BCUT2D eigenvalue weighted by molar-refractivity contribution is -0.121. The number of alkyl halides is 1. The maximum Gasteiger partial charge on any atom is 0.238 e. The van der Waals surface area contributed by atoms with Crippen molar-refractivity contribution >= 4 is 17.5 Å². The molecule has 1 aromatic rings. The van der Waals surface area contributed by atoms with E-state index in [4.69, 9.17) is 16.3 Å². The van der Waals surface area contributed by atoms with E-state index < -0.39 is 5.38 Å². The van der Waals surface area contributed by atoms with Crippen LogP contribution < -0.4 is 5.32 Å². The number of hydrogen-bond donors (Lipinski definition) is 1. The van der Waals surface area contributed by atoms with E-state index in [9.17, 15) is 4.79 Å². The van der Waals surface area contributed by atoms with Gasteiger partial charge in [-0.05, 0) is 19.4 Å². The molecule has 17 heavy (non-hydrogen) atoms. The lowest BCUT2D eigenvalue weighted by Crippen LogP contribution is -2.39. The molecule has 0 aromatic heterocycles. The van der Waals surface area contributed by atoms with E-state index >= 15 is 0 Å². The van der Waals surface area contributed by atoms with Crippen LogP contribution in [0, 0.1) is 0 Å². The lowest BCUT2D eigenvalue weighted by Gasteiger charge is -2.15. The van der Waals surface area contributed by atoms with Crippen molar-refractivity contribution < 1.29 is 9.53 Å². The summed E-state index contributed by atoms with van der Waals surface area (Å²) >= 11 is 5.65. The van der Waals surface area contributed by atoms with Crippen molar-refractivity contribution in [2.24, 2.45) is 0 Å². The first-order valence-corrected chi connectivity index (χ1v) is 6.09. The number of nitrogens with one attached hydrogen (secondary N) is 1. The van der Waals surface area contributed by atoms with Crippen LogP contribution in [0.5, 0.6) is 0 Å². The SMILES string of the molecule is C[C@H](COCc1ccccc1)NC(=O)[C@@H](C)Cl. The molecular weight excluding hydrogens is 238 g/mol. The van der Waals surface area contributed by atoms with Crippen LogP contribution in [-0.4, -0.2) is 23.9 Å². The lowest BCUT2D eigenvalue weighted by atomic mass is 10.2. The highest BCUT2D eigenvalue weighted by Crippen LogP contribution is 2.01. The molecule has 0 fully saturated rings. The van der Waals surface area contributed by atoms with Crippen molar-refractivity contribution in [1.82, 2.24) is 5.32 Å². The molecule has 0 aliphatic carbocycles. The molecule has 1 amide bonds. The Labute approximate surface area is 107 Å². The smallest absolute Gasteiger partial charge is 0.238 e. The normalized spacial score (nSPS) is 14.1. The van der Waals surface area contributed by atoms with Gasteiger partial charge in [-0.1, -0.05) is 30.3 Å². The molecule has 0 saturated carbocycles. The van der Waals surface area contributed by atoms with Crippen LogP contribution in [0.1, 0.15) is 19.4 Å². The van der Waals surface area contributed by atoms with Crippen LogP contribution >= 0.6 is 11.6 Å². The first-order chi connectivity index (χ1) is 8.09. The van der Waals surface area contributed by atoms with Gasteiger partial charge in [-0.15, -0.1) is 11.6 Å². The molecule has 1 aromatic carbocycles. The second-order valence-corrected chi connectivity index (χ2v) is 4.68. The summed E-state index contributed by atoms with van der Waals surface area (Å²) in [5, 5.41) is 2.26. The second kappa shape index (κ2) is 7.30. The fourth-order valence-electron chi connectivity index (χ4n) is 1.33. The molecule has 1 rings (SSSR count). The fourth-order valence-corrected chi connectivity index (χ4v) is 1.39. The number of ether oxygens (including phenoxy) is 1. The molecule has 0 heterocycles. The number of carbonyl (C=O) groups is 1. The van der Waals surface area contributed by atoms with E-state index in [-0.39, 0.29) is 11.9 Å². The Morgan fingerprint density at radius 3 is 2.59 bits per heavy atom. The summed E-state index contributed by atoms with van der Waals surface area (Å²) in [6, 6.07) is 9.88. The van der Waals surface area contributed by atoms with Gasteiger partial charge in [0.15, 0.2) is 0 Å². The summed E-state index contributed by atoms with van der Waals surface area (Å²) in [5.41, 5.74) is 1.12. The molecule has 0 bridgehead atoms. The largest absolute Gasteiger partial charge is 0.375 e. The Morgan fingerprint density at radius 2 is 2.00 bits per heavy atom. The Bertz CT molecular complexity index is 341. The number of benzene rings is 1. The van der Waals surface area contributed by atoms with Crippen molar-refractivity contribution in [1.29, 1.82) is 0 Å². The molecule has 0 radical (unpaired) electrons. The van der Waals surface area contributed by atoms with Gasteiger partial charge in [0.2, 0.25) is 5.91 Å². The van der Waals surface area contributed by atoms with Crippen LogP contribution in [0.2, 0.25) is 0 Å². The number of halogens is 1. The molecule has 2 atom stereocenters. The summed E-state index contributed by atoms with van der Waals surface area (Å²) < 4.78 is 5.50. The van der Waals surface area contributed by atoms with Gasteiger partial charge >= 0.3 is 0 Å². The highest BCUT2D eigenvalue weighted by molar-refractivity contribution is 6.30. The van der Waals surface area contributed by atoms with E-state index in [0.29, 0.717) is 13.2 Å². The molecule has 0 saturated heterocycles. The van der Waals surface area contributed by atoms with Crippen molar-refractivity contribution in [2.75, 3.05) is 6.61 Å². The van der Waals surface area contributed by atoms with Crippen molar-refractivity contribution in [2.45, 2.75) is 31.9 Å². The monoisotopic (exact) mass is 255 g/mol. The summed E-state index contributed by atoms with van der Waals surface area (Å²) in [4.78, 5) is 11.3. The fraction of sp³-hybridized carbons (Fsp3) is 0.462. The first-order valence-electron chi connectivity index (χ1n) is 5.65. The topological polar surface area (TPSA) is 38.3 Å². The van der Waals surface area contributed by atoms with Crippen molar-refractivity contribution in [3.05, 3.63) is 35.9 Å². The standard InChI is InChI=1S/C13H18ClNO2/c1-10(15-13(16)11(2)14)8-17-9-12-6-4-3-5-7-12/h3-7,10-11H,8-9H2,1-2H3,(H,15,16)/t10-,11-/m1/s1. The van der Waals surface area contributed by atoms with Gasteiger partial charge in [0.1, 0.15) is 5.38 Å². The maximum atomic E-state index is 11.3. The van der Waals surface area contributed by atoms with Crippen LogP contribution in [0.15, 0.2) is 30.3 Å². The average molecular weight is 256 g/mol. The summed E-state index contributed by atoms with van der Waals surface area (Å²) in [6.07, 6.45) is 0. The van der Waals surface area contributed by atoms with E-state index in [1.54, 1.807) is 6.92 Å². The van der Waals surface area contributed by atoms with Crippen LogP contribution in [-0.2, 0) is 16.1 Å². The van der Waals surface area contributed by atoms with Crippen LogP contribution in [0.4, 0.5) is 0 Å². The number of hydrogen-bond acceptors (Lipinski definition) is 2. The molecular formula is C13H18ClNO2. The molecule has 3 nitrogen and oxygen atoms in total. The van der Waals surface area contributed by atoms with Gasteiger partial charge in [-0.2, -0.15) is 0 Å². The van der Waals surface area contributed by atoms with Gasteiger partial charge in [0.25, 0.3) is 0 Å².